The molecule has 2 rings (SSSR count). The third kappa shape index (κ3) is 3.97. The highest BCUT2D eigenvalue weighted by Crippen LogP contribution is 2.25. The van der Waals surface area contributed by atoms with Crippen LogP contribution < -0.4 is 10.1 Å². The number of carbonyl (C=O) groups is 1. The number of benzene rings is 2. The standard InChI is InChI=1S/C17H19FN2O2/c1-12-7-8-16(22-3)15(9-12)19-17(21)20(2)11-13-5-4-6-14(18)10-13/h4-10H,11H2,1-3H3,(H,19,21). The number of carbonyl (C=O) groups excluding carboxylic acids is 1. The Kier molecular flexibility index (Phi) is 4.99. The van der Waals surface area contributed by atoms with Gasteiger partial charge in [-0.15, -0.1) is 0 Å². The minimum atomic E-state index is -0.313. The summed E-state index contributed by atoms with van der Waals surface area (Å²) in [5.41, 5.74) is 2.36. The molecule has 0 fully saturated rings. The summed E-state index contributed by atoms with van der Waals surface area (Å²) in [6, 6.07) is 11.5. The van der Waals surface area contributed by atoms with Crippen LogP contribution in [0.25, 0.3) is 0 Å². The number of nitrogens with one attached hydrogen (secondary N) is 1. The number of hydrogen-bond donors (Lipinski definition) is 1. The van der Waals surface area contributed by atoms with Crippen molar-refractivity contribution in [3.8, 4) is 5.75 Å². The monoisotopic (exact) mass is 302 g/mol. The van der Waals surface area contributed by atoms with Gasteiger partial charge in [0.05, 0.1) is 12.8 Å². The summed E-state index contributed by atoms with van der Waals surface area (Å²) in [7, 11) is 3.21. The van der Waals surface area contributed by atoms with E-state index in [1.54, 1.807) is 32.4 Å². The zero-order valence-corrected chi connectivity index (χ0v) is 12.9. The molecule has 2 aromatic carbocycles. The molecule has 1 N–H and O–H groups in total. The number of ether oxygens (including phenoxy) is 1. The fraction of sp³-hybridized carbons (Fsp3) is 0.235. The predicted octanol–water partition coefficient (Wildman–Crippen LogP) is 3.81. The maximum absolute atomic E-state index is 13.2. The summed E-state index contributed by atoms with van der Waals surface area (Å²) in [4.78, 5) is 13.7. The lowest BCUT2D eigenvalue weighted by Crippen LogP contribution is -2.31. The van der Waals surface area contributed by atoms with E-state index in [0.29, 0.717) is 18.0 Å². The molecule has 0 aliphatic carbocycles. The van der Waals surface area contributed by atoms with Crippen LogP contribution in [0.5, 0.6) is 5.75 Å². The highest BCUT2D eigenvalue weighted by atomic mass is 19.1. The van der Waals surface area contributed by atoms with Gasteiger partial charge in [0, 0.05) is 13.6 Å². The predicted molar refractivity (Wildman–Crippen MR) is 84.6 cm³/mol. The molecule has 4 nitrogen and oxygen atoms in total. The number of amides is 2. The van der Waals surface area contributed by atoms with E-state index in [1.165, 1.54) is 17.0 Å². The van der Waals surface area contributed by atoms with Crippen LogP contribution in [0.1, 0.15) is 11.1 Å². The zero-order chi connectivity index (χ0) is 16.1. The second-order valence-electron chi connectivity index (χ2n) is 5.12. The van der Waals surface area contributed by atoms with Gasteiger partial charge in [0.1, 0.15) is 11.6 Å². The van der Waals surface area contributed by atoms with Crippen LogP contribution in [0.4, 0.5) is 14.9 Å². The first-order valence-corrected chi connectivity index (χ1v) is 6.91. The Morgan fingerprint density at radius 3 is 2.73 bits per heavy atom. The van der Waals surface area contributed by atoms with Crippen molar-refractivity contribution in [2.45, 2.75) is 13.5 Å². The lowest BCUT2D eigenvalue weighted by molar-refractivity contribution is 0.220. The first-order chi connectivity index (χ1) is 10.5. The van der Waals surface area contributed by atoms with Gasteiger partial charge in [-0.2, -0.15) is 0 Å². The fourth-order valence-corrected chi connectivity index (χ4v) is 2.11. The van der Waals surface area contributed by atoms with E-state index >= 15 is 0 Å². The van der Waals surface area contributed by atoms with Crippen molar-refractivity contribution < 1.29 is 13.9 Å². The van der Waals surface area contributed by atoms with E-state index in [1.807, 2.05) is 19.1 Å². The number of rotatable bonds is 4. The number of halogens is 1. The molecular formula is C17H19FN2O2. The third-order valence-corrected chi connectivity index (χ3v) is 3.25. The Bertz CT molecular complexity index is 673. The van der Waals surface area contributed by atoms with Gasteiger partial charge in [0.15, 0.2) is 0 Å². The van der Waals surface area contributed by atoms with Gasteiger partial charge >= 0.3 is 6.03 Å². The number of anilines is 1. The van der Waals surface area contributed by atoms with Crippen molar-refractivity contribution in [2.75, 3.05) is 19.5 Å². The van der Waals surface area contributed by atoms with Crippen LogP contribution in [0.2, 0.25) is 0 Å². The molecule has 2 amide bonds. The van der Waals surface area contributed by atoms with Crippen molar-refractivity contribution in [3.63, 3.8) is 0 Å². The van der Waals surface area contributed by atoms with Gasteiger partial charge in [-0.3, -0.25) is 0 Å². The molecule has 0 atom stereocenters. The Morgan fingerprint density at radius 2 is 2.05 bits per heavy atom. The molecule has 2 aromatic rings. The van der Waals surface area contributed by atoms with Crippen LogP contribution >= 0.6 is 0 Å². The number of urea groups is 1. The normalized spacial score (nSPS) is 10.2. The Morgan fingerprint density at radius 1 is 1.27 bits per heavy atom. The first-order valence-electron chi connectivity index (χ1n) is 6.91. The number of aryl methyl sites for hydroxylation is 1. The zero-order valence-electron chi connectivity index (χ0n) is 12.9. The van der Waals surface area contributed by atoms with Gasteiger partial charge in [0.25, 0.3) is 0 Å². The highest BCUT2D eigenvalue weighted by Gasteiger charge is 2.12. The number of nitrogens with zero attached hydrogens (tertiary/aromatic N) is 1. The van der Waals surface area contributed by atoms with Gasteiger partial charge in [-0.25, -0.2) is 9.18 Å². The molecule has 22 heavy (non-hydrogen) atoms. The molecule has 0 bridgehead atoms. The van der Waals surface area contributed by atoms with Crippen molar-refractivity contribution in [1.29, 1.82) is 0 Å². The summed E-state index contributed by atoms with van der Waals surface area (Å²) in [6.07, 6.45) is 0. The fourth-order valence-electron chi connectivity index (χ4n) is 2.11. The Balaban J connectivity index is 2.07. The van der Waals surface area contributed by atoms with Crippen LogP contribution in [0, 0.1) is 12.7 Å². The first kappa shape index (κ1) is 15.8. The molecular weight excluding hydrogens is 283 g/mol. The minimum absolute atomic E-state index is 0.284. The lowest BCUT2D eigenvalue weighted by atomic mass is 10.2. The molecule has 0 radical (unpaired) electrons. The SMILES string of the molecule is COc1ccc(C)cc1NC(=O)N(C)Cc1cccc(F)c1. The lowest BCUT2D eigenvalue weighted by Gasteiger charge is -2.19. The molecule has 116 valence electrons. The number of hydrogen-bond acceptors (Lipinski definition) is 2. The highest BCUT2D eigenvalue weighted by molar-refractivity contribution is 5.90. The van der Waals surface area contributed by atoms with E-state index in [9.17, 15) is 9.18 Å². The minimum Gasteiger partial charge on any atom is -0.495 e. The summed E-state index contributed by atoms with van der Waals surface area (Å²) in [6.45, 7) is 2.25. The van der Waals surface area contributed by atoms with E-state index in [2.05, 4.69) is 5.32 Å². The summed E-state index contributed by atoms with van der Waals surface area (Å²) < 4.78 is 18.4. The Labute approximate surface area is 129 Å². The van der Waals surface area contributed by atoms with Gasteiger partial charge in [0.2, 0.25) is 0 Å². The van der Waals surface area contributed by atoms with E-state index < -0.39 is 0 Å². The average molecular weight is 302 g/mol. The largest absolute Gasteiger partial charge is 0.495 e. The van der Waals surface area contributed by atoms with Crippen LogP contribution in [-0.2, 0) is 6.54 Å². The average Bonchev–Trinajstić information content (AvgIpc) is 2.47. The maximum Gasteiger partial charge on any atom is 0.321 e. The third-order valence-electron chi connectivity index (χ3n) is 3.25. The molecule has 0 saturated carbocycles. The van der Waals surface area contributed by atoms with Gasteiger partial charge in [-0.05, 0) is 42.3 Å². The van der Waals surface area contributed by atoms with E-state index in [-0.39, 0.29) is 11.8 Å². The maximum atomic E-state index is 13.2. The second-order valence-corrected chi connectivity index (χ2v) is 5.12. The Hall–Kier alpha value is -2.56. The van der Waals surface area contributed by atoms with Gasteiger partial charge < -0.3 is 15.0 Å². The van der Waals surface area contributed by atoms with Crippen LogP contribution in [0.3, 0.4) is 0 Å². The van der Waals surface area contributed by atoms with Gasteiger partial charge in [-0.1, -0.05) is 18.2 Å². The molecule has 0 aliphatic rings. The summed E-state index contributed by atoms with van der Waals surface area (Å²) in [5, 5.41) is 2.81. The molecule has 5 heteroatoms. The number of methoxy groups -OCH3 is 1. The quantitative estimate of drug-likeness (QED) is 0.933. The van der Waals surface area contributed by atoms with Crippen molar-refractivity contribution in [1.82, 2.24) is 4.90 Å². The van der Waals surface area contributed by atoms with Crippen molar-refractivity contribution in [3.05, 3.63) is 59.4 Å². The molecule has 0 aromatic heterocycles. The smallest absolute Gasteiger partial charge is 0.321 e. The van der Waals surface area contributed by atoms with Crippen molar-refractivity contribution >= 4 is 11.7 Å². The van der Waals surface area contributed by atoms with Crippen LogP contribution in [-0.4, -0.2) is 25.1 Å². The molecule has 0 heterocycles. The molecule has 0 saturated heterocycles. The summed E-state index contributed by atoms with van der Waals surface area (Å²) >= 11 is 0. The van der Waals surface area contributed by atoms with E-state index in [0.717, 1.165) is 11.1 Å². The molecule has 0 unspecified atom stereocenters. The van der Waals surface area contributed by atoms with Crippen molar-refractivity contribution in [2.24, 2.45) is 0 Å². The summed E-state index contributed by atoms with van der Waals surface area (Å²) in [5.74, 6) is 0.282. The molecule has 0 spiro atoms. The van der Waals surface area contributed by atoms with Crippen LogP contribution in [0.15, 0.2) is 42.5 Å². The second kappa shape index (κ2) is 6.93. The topological polar surface area (TPSA) is 41.6 Å². The molecule has 0 aliphatic heterocycles. The van der Waals surface area contributed by atoms with E-state index in [4.69, 9.17) is 4.74 Å².